The molecule has 2 nitrogen and oxygen atoms in total. The molecule has 0 N–H and O–H groups in total. The topological polar surface area (TPSA) is 12.5 Å². The Labute approximate surface area is 126 Å². The van der Waals surface area contributed by atoms with Crippen LogP contribution in [0.4, 0.5) is 5.69 Å². The van der Waals surface area contributed by atoms with Crippen LogP contribution in [0.2, 0.25) is 5.02 Å². The van der Waals surface area contributed by atoms with Gasteiger partial charge in [0.05, 0.1) is 6.61 Å². The molecule has 0 bridgehead atoms. The van der Waals surface area contributed by atoms with E-state index in [4.69, 9.17) is 27.9 Å². The van der Waals surface area contributed by atoms with Crippen molar-refractivity contribution in [2.75, 3.05) is 25.2 Å². The molecule has 0 aliphatic heterocycles. The second-order valence-electron chi connectivity index (χ2n) is 4.56. The Hall–Kier alpha value is -0.440. The summed E-state index contributed by atoms with van der Waals surface area (Å²) in [4.78, 5) is 2.39. The van der Waals surface area contributed by atoms with E-state index in [-0.39, 0.29) is 0 Å². The summed E-state index contributed by atoms with van der Waals surface area (Å²) < 4.78 is 5.23. The quantitative estimate of drug-likeness (QED) is 0.644. The predicted octanol–water partition coefficient (Wildman–Crippen LogP) is 4.72. The molecule has 108 valence electrons. The number of methoxy groups -OCH3 is 1. The summed E-state index contributed by atoms with van der Waals surface area (Å²) in [6, 6.07) is 6.44. The molecule has 0 heterocycles. The molecule has 0 saturated heterocycles. The van der Waals surface area contributed by atoms with Gasteiger partial charge in [-0.15, -0.1) is 11.6 Å². The van der Waals surface area contributed by atoms with Crippen molar-refractivity contribution >= 4 is 28.9 Å². The first kappa shape index (κ1) is 16.6. The van der Waals surface area contributed by atoms with Crippen molar-refractivity contribution in [3.05, 3.63) is 28.8 Å². The Balaban J connectivity index is 3.08. The van der Waals surface area contributed by atoms with E-state index < -0.39 is 0 Å². The maximum absolute atomic E-state index is 6.06. The number of rotatable bonds is 8. The van der Waals surface area contributed by atoms with Gasteiger partial charge in [-0.1, -0.05) is 25.4 Å². The highest BCUT2D eigenvalue weighted by molar-refractivity contribution is 6.30. The molecule has 0 spiro atoms. The number of ether oxygens (including phenoxy) is 1. The second-order valence-corrected chi connectivity index (χ2v) is 5.27. The number of hydrogen-bond donors (Lipinski definition) is 0. The molecule has 0 aromatic heterocycles. The van der Waals surface area contributed by atoms with Crippen LogP contribution in [-0.2, 0) is 10.6 Å². The van der Waals surface area contributed by atoms with Gasteiger partial charge < -0.3 is 9.64 Å². The van der Waals surface area contributed by atoms with Gasteiger partial charge in [0.15, 0.2) is 0 Å². The van der Waals surface area contributed by atoms with Crippen LogP contribution in [0.3, 0.4) is 0 Å². The number of hydrogen-bond acceptors (Lipinski definition) is 2. The number of nitrogens with zero attached hydrogens (tertiary/aromatic N) is 1. The zero-order chi connectivity index (χ0) is 14.3. The molecule has 0 aliphatic rings. The molecular weight excluding hydrogens is 281 g/mol. The van der Waals surface area contributed by atoms with Crippen molar-refractivity contribution in [1.82, 2.24) is 0 Å². The minimum Gasteiger partial charge on any atom is -0.383 e. The van der Waals surface area contributed by atoms with E-state index in [1.54, 1.807) is 7.11 Å². The first-order valence-electron chi connectivity index (χ1n) is 6.77. The van der Waals surface area contributed by atoms with Crippen molar-refractivity contribution in [1.29, 1.82) is 0 Å². The van der Waals surface area contributed by atoms with Crippen LogP contribution in [-0.4, -0.2) is 26.3 Å². The van der Waals surface area contributed by atoms with E-state index in [0.717, 1.165) is 30.0 Å². The fourth-order valence-electron chi connectivity index (χ4n) is 2.36. The Kier molecular flexibility index (Phi) is 7.59. The van der Waals surface area contributed by atoms with Gasteiger partial charge in [-0.05, 0) is 36.6 Å². The van der Waals surface area contributed by atoms with Gasteiger partial charge in [0, 0.05) is 36.3 Å². The van der Waals surface area contributed by atoms with Crippen LogP contribution in [0.5, 0.6) is 0 Å². The molecular formula is C15H23Cl2NO. The first-order chi connectivity index (χ1) is 9.17. The van der Waals surface area contributed by atoms with Crippen LogP contribution in [0, 0.1) is 0 Å². The third-order valence-electron chi connectivity index (χ3n) is 3.41. The van der Waals surface area contributed by atoms with E-state index in [1.165, 1.54) is 5.69 Å². The highest BCUT2D eigenvalue weighted by Gasteiger charge is 2.18. The highest BCUT2D eigenvalue weighted by atomic mass is 35.5. The summed E-state index contributed by atoms with van der Waals surface area (Å²) in [7, 11) is 1.73. The molecule has 1 aromatic rings. The van der Waals surface area contributed by atoms with Gasteiger partial charge in [-0.2, -0.15) is 0 Å². The molecule has 0 aliphatic carbocycles. The SMILES string of the molecule is CCC(CC)N(CCOC)c1ccc(Cl)cc1CCl. The molecule has 0 radical (unpaired) electrons. The summed E-state index contributed by atoms with van der Waals surface area (Å²) in [5.74, 6) is 0.472. The standard InChI is InChI=1S/C15H23Cl2NO/c1-4-14(5-2)18(8-9-19-3)15-7-6-13(17)10-12(15)11-16/h6-7,10,14H,4-5,8-9,11H2,1-3H3. The van der Waals surface area contributed by atoms with E-state index in [9.17, 15) is 0 Å². The number of halogens is 2. The molecule has 19 heavy (non-hydrogen) atoms. The lowest BCUT2D eigenvalue weighted by molar-refractivity contribution is 0.202. The lowest BCUT2D eigenvalue weighted by atomic mass is 10.1. The smallest absolute Gasteiger partial charge is 0.0637 e. The summed E-state index contributed by atoms with van der Waals surface area (Å²) in [6.45, 7) is 6.00. The fraction of sp³-hybridized carbons (Fsp3) is 0.600. The van der Waals surface area contributed by atoms with Crippen molar-refractivity contribution < 1.29 is 4.74 Å². The second kappa shape index (κ2) is 8.68. The van der Waals surface area contributed by atoms with Gasteiger partial charge in [-0.3, -0.25) is 0 Å². The molecule has 0 unspecified atom stereocenters. The molecule has 1 rings (SSSR count). The van der Waals surface area contributed by atoms with Crippen molar-refractivity contribution in [3.8, 4) is 0 Å². The summed E-state index contributed by atoms with van der Waals surface area (Å²) >= 11 is 12.1. The predicted molar refractivity (Wildman–Crippen MR) is 84.6 cm³/mol. The first-order valence-corrected chi connectivity index (χ1v) is 7.69. The zero-order valence-electron chi connectivity index (χ0n) is 12.0. The van der Waals surface area contributed by atoms with Crippen molar-refractivity contribution in [3.63, 3.8) is 0 Å². The molecule has 0 atom stereocenters. The van der Waals surface area contributed by atoms with Gasteiger partial charge >= 0.3 is 0 Å². The summed E-state index contributed by atoms with van der Waals surface area (Å²) in [5, 5.41) is 0.732. The normalized spacial score (nSPS) is 11.1. The maximum Gasteiger partial charge on any atom is 0.0637 e. The Morgan fingerprint density at radius 2 is 1.95 bits per heavy atom. The summed E-state index contributed by atoms with van der Waals surface area (Å²) in [5.41, 5.74) is 2.25. The Bertz CT molecular complexity index is 380. The van der Waals surface area contributed by atoms with E-state index in [2.05, 4.69) is 24.8 Å². The van der Waals surface area contributed by atoms with E-state index in [1.807, 2.05) is 12.1 Å². The third kappa shape index (κ3) is 4.55. The minimum absolute atomic E-state index is 0.472. The van der Waals surface area contributed by atoms with Crippen LogP contribution >= 0.6 is 23.2 Å². The molecule has 0 amide bonds. The van der Waals surface area contributed by atoms with Gasteiger partial charge in [0.25, 0.3) is 0 Å². The van der Waals surface area contributed by atoms with Crippen LogP contribution in [0.15, 0.2) is 18.2 Å². The molecule has 0 saturated carbocycles. The molecule has 0 fully saturated rings. The van der Waals surface area contributed by atoms with Crippen molar-refractivity contribution in [2.45, 2.75) is 38.6 Å². The maximum atomic E-state index is 6.06. The average molecular weight is 304 g/mol. The van der Waals surface area contributed by atoms with Crippen LogP contribution < -0.4 is 4.90 Å². The monoisotopic (exact) mass is 303 g/mol. The minimum atomic E-state index is 0.472. The summed E-state index contributed by atoms with van der Waals surface area (Å²) in [6.07, 6.45) is 2.20. The third-order valence-corrected chi connectivity index (χ3v) is 3.94. The number of alkyl halides is 1. The lowest BCUT2D eigenvalue weighted by Gasteiger charge is -2.34. The Morgan fingerprint density at radius 1 is 1.26 bits per heavy atom. The lowest BCUT2D eigenvalue weighted by Crippen LogP contribution is -2.37. The Morgan fingerprint density at radius 3 is 2.47 bits per heavy atom. The molecule has 4 heteroatoms. The van der Waals surface area contributed by atoms with E-state index in [0.29, 0.717) is 18.5 Å². The average Bonchev–Trinajstić information content (AvgIpc) is 2.43. The van der Waals surface area contributed by atoms with Gasteiger partial charge in [0.1, 0.15) is 0 Å². The van der Waals surface area contributed by atoms with Gasteiger partial charge in [-0.25, -0.2) is 0 Å². The van der Waals surface area contributed by atoms with Crippen molar-refractivity contribution in [2.24, 2.45) is 0 Å². The van der Waals surface area contributed by atoms with Crippen LogP contribution in [0.1, 0.15) is 32.3 Å². The zero-order valence-corrected chi connectivity index (χ0v) is 13.5. The molecule has 1 aromatic carbocycles. The fourth-order valence-corrected chi connectivity index (χ4v) is 2.77. The number of anilines is 1. The van der Waals surface area contributed by atoms with E-state index >= 15 is 0 Å². The van der Waals surface area contributed by atoms with Gasteiger partial charge in [0.2, 0.25) is 0 Å². The largest absolute Gasteiger partial charge is 0.383 e. The highest BCUT2D eigenvalue weighted by Crippen LogP contribution is 2.28. The van der Waals surface area contributed by atoms with Crippen LogP contribution in [0.25, 0.3) is 0 Å². The number of benzene rings is 1.